The molecule has 0 rings (SSSR count). The van der Waals surface area contributed by atoms with Crippen molar-refractivity contribution in [3.8, 4) is 0 Å². The molecule has 4 unspecified atom stereocenters. The van der Waals surface area contributed by atoms with Gasteiger partial charge >= 0.3 is 42.8 Å². The van der Waals surface area contributed by atoms with Gasteiger partial charge in [0.15, 0.2) is 0 Å². The van der Waals surface area contributed by atoms with Gasteiger partial charge < -0.3 is 49.8 Å². The second kappa shape index (κ2) is 50.6. The number of hydrogen-bond acceptors (Lipinski definition) is 11. The minimum Gasteiger partial charge on any atom is -0.416 e. The van der Waals surface area contributed by atoms with Crippen molar-refractivity contribution in [3.05, 3.63) is 0 Å². The highest BCUT2D eigenvalue weighted by atomic mass is 28.5. The lowest BCUT2D eigenvalue weighted by Crippen LogP contribution is -2.63. The summed E-state index contributed by atoms with van der Waals surface area (Å²) in [5.41, 5.74) is 0. The molecule has 0 radical (unpaired) electrons. The number of nitrogens with zero attached hydrogens (tertiary/aromatic N) is 5. The number of rotatable bonds is 62. The standard InChI is InChI=1S/C64H145N5O6Si5/c1-18-30-45-65(46-31-19-2)55-40-60-76(13,70-28-11)72-78(15,62-42-57-67(49-34-22-5)50-35-23-6)74-80(17,64-44-59-69(53-38-26-9)54-39-27-10)75-79(16,63-43-58-68(51-36-24-7)52-37-25-8)73-77(14,71-29-12)61-41-56-66(47-32-20-3)48-33-21-4/h18-64H2,1-17H3. The van der Waals surface area contributed by atoms with Gasteiger partial charge in [-0.2, -0.15) is 0 Å². The Balaban J connectivity index is 7.95. The van der Waals surface area contributed by atoms with Crippen LogP contribution in [-0.2, 0) is 25.3 Å². The molecule has 0 amide bonds. The summed E-state index contributed by atoms with van der Waals surface area (Å²) < 4.78 is 46.4. The molecule has 16 heteroatoms. The molecule has 4 atom stereocenters. The first-order valence-electron chi connectivity index (χ1n) is 35.1. The summed E-state index contributed by atoms with van der Waals surface area (Å²) in [6.07, 6.45) is 30.2. The van der Waals surface area contributed by atoms with E-state index in [1.807, 2.05) is 0 Å². The predicted molar refractivity (Wildman–Crippen MR) is 364 cm³/mol. The quantitative estimate of drug-likeness (QED) is 0.0547. The summed E-state index contributed by atoms with van der Waals surface area (Å²) in [5, 5.41) is 0. The van der Waals surface area contributed by atoms with E-state index in [9.17, 15) is 0 Å². The van der Waals surface area contributed by atoms with E-state index in [1.54, 1.807) is 0 Å². The molecule has 0 aromatic heterocycles. The van der Waals surface area contributed by atoms with Gasteiger partial charge in [-0.25, -0.2) is 0 Å². The molecular weight excluding hydrogens is 1080 g/mol. The Hall–Kier alpha value is 0.644. The third-order valence-electron chi connectivity index (χ3n) is 16.4. The van der Waals surface area contributed by atoms with E-state index in [4.69, 9.17) is 25.3 Å². The van der Waals surface area contributed by atoms with Crippen molar-refractivity contribution < 1.29 is 25.3 Å². The molecule has 0 aliphatic carbocycles. The van der Waals surface area contributed by atoms with Gasteiger partial charge in [0.05, 0.1) is 0 Å². The molecule has 0 saturated heterocycles. The number of hydrogen-bond donors (Lipinski definition) is 0. The normalized spacial score (nSPS) is 16.3. The molecule has 0 aliphatic heterocycles. The van der Waals surface area contributed by atoms with E-state index >= 15 is 0 Å². The topological polar surface area (TPSA) is 71.6 Å². The van der Waals surface area contributed by atoms with Gasteiger partial charge in [0.25, 0.3) is 0 Å². The van der Waals surface area contributed by atoms with E-state index in [1.165, 1.54) is 194 Å². The summed E-state index contributed by atoms with van der Waals surface area (Å²) in [7, 11) is -14.4. The van der Waals surface area contributed by atoms with E-state index in [0.29, 0.717) is 13.2 Å². The Kier molecular flexibility index (Phi) is 51.0. The number of unbranched alkanes of at least 4 members (excludes halogenated alkanes) is 10. The molecule has 11 nitrogen and oxygen atoms in total. The van der Waals surface area contributed by atoms with Crippen LogP contribution in [0.2, 0.25) is 63.0 Å². The first kappa shape index (κ1) is 80.6. The fourth-order valence-electron chi connectivity index (χ4n) is 11.7. The molecule has 0 aromatic rings. The minimum absolute atomic E-state index is 0.670. The van der Waals surface area contributed by atoms with Gasteiger partial charge in [-0.3, -0.25) is 0 Å². The van der Waals surface area contributed by atoms with Gasteiger partial charge in [-0.05, 0) is 271 Å². The van der Waals surface area contributed by atoms with Crippen LogP contribution in [-0.4, -0.2) is 179 Å². The lowest BCUT2D eigenvalue weighted by Gasteiger charge is -2.46. The van der Waals surface area contributed by atoms with Crippen LogP contribution in [0, 0.1) is 0 Å². The van der Waals surface area contributed by atoms with Crippen LogP contribution >= 0.6 is 0 Å². The Morgan fingerprint density at radius 2 is 0.338 bits per heavy atom. The summed E-state index contributed by atoms with van der Waals surface area (Å²) in [4.78, 5) is 13.7. The summed E-state index contributed by atoms with van der Waals surface area (Å²) in [6, 6.07) is 4.80. The van der Waals surface area contributed by atoms with Crippen molar-refractivity contribution >= 4 is 42.8 Å². The monoisotopic (exact) mass is 1220 g/mol. The molecule has 482 valence electrons. The maximum absolute atomic E-state index is 8.23. The molecule has 0 aliphatic rings. The molecule has 0 fully saturated rings. The smallest absolute Gasteiger partial charge is 0.326 e. The molecule has 0 heterocycles. The van der Waals surface area contributed by atoms with Crippen LogP contribution < -0.4 is 0 Å². The Bertz CT molecular complexity index is 1260. The van der Waals surface area contributed by atoms with Gasteiger partial charge in [0.1, 0.15) is 0 Å². The average molecular weight is 1220 g/mol. The highest BCUT2D eigenvalue weighted by Gasteiger charge is 2.53. The van der Waals surface area contributed by atoms with Crippen LogP contribution in [0.4, 0.5) is 0 Å². The van der Waals surface area contributed by atoms with Crippen molar-refractivity contribution in [2.24, 2.45) is 0 Å². The molecule has 80 heavy (non-hydrogen) atoms. The molecule has 0 spiro atoms. The van der Waals surface area contributed by atoms with Gasteiger partial charge in [0.2, 0.25) is 0 Å². The van der Waals surface area contributed by atoms with Crippen molar-refractivity contribution in [2.45, 2.75) is 307 Å². The van der Waals surface area contributed by atoms with Crippen LogP contribution in [0.3, 0.4) is 0 Å². The Morgan fingerprint density at radius 1 is 0.200 bits per heavy atom. The fourth-order valence-corrected chi connectivity index (χ4v) is 37.2. The zero-order valence-electron chi connectivity index (χ0n) is 57.4. The Morgan fingerprint density at radius 3 is 0.487 bits per heavy atom. The fraction of sp³-hybridized carbons (Fsp3) is 1.00. The van der Waals surface area contributed by atoms with E-state index < -0.39 is 42.8 Å². The van der Waals surface area contributed by atoms with Crippen molar-refractivity contribution in [2.75, 3.05) is 111 Å². The third-order valence-corrected chi connectivity index (χ3v) is 38.4. The van der Waals surface area contributed by atoms with Crippen LogP contribution in [0.1, 0.15) is 244 Å². The third kappa shape index (κ3) is 40.9. The molecular formula is C64H145N5O6Si5. The predicted octanol–water partition coefficient (Wildman–Crippen LogP) is 17.9. The molecule has 0 aromatic carbocycles. The highest BCUT2D eigenvalue weighted by molar-refractivity contribution is 6.90. The Labute approximate surface area is 507 Å². The first-order chi connectivity index (χ1) is 38.4. The lowest BCUT2D eigenvalue weighted by atomic mass is 10.2. The SMILES string of the molecule is CCCCN(CCCC)CCC[Si](C)(OCC)O[Si](C)(CCCN(CCCC)CCCC)O[Si](C)(CCCN(CCCC)CCCC)O[Si](C)(CCCN(CCCC)CCCC)O[Si](C)(CCCN(CCCC)CCCC)OCC. The largest absolute Gasteiger partial charge is 0.416 e. The van der Waals surface area contributed by atoms with E-state index in [2.05, 4.69) is 140 Å². The van der Waals surface area contributed by atoms with Gasteiger partial charge in [0, 0.05) is 13.2 Å². The zero-order chi connectivity index (χ0) is 59.9. The molecule has 0 bridgehead atoms. The summed E-state index contributed by atoms with van der Waals surface area (Å²) in [5.74, 6) is 0. The maximum atomic E-state index is 8.23. The second-order valence-corrected chi connectivity index (χ2v) is 42.9. The first-order valence-corrected chi connectivity index (χ1v) is 47.7. The van der Waals surface area contributed by atoms with Crippen molar-refractivity contribution in [1.82, 2.24) is 24.5 Å². The van der Waals surface area contributed by atoms with Gasteiger partial charge in [-0.15, -0.1) is 0 Å². The van der Waals surface area contributed by atoms with Crippen LogP contribution in [0.15, 0.2) is 0 Å². The maximum Gasteiger partial charge on any atom is 0.326 e. The zero-order valence-corrected chi connectivity index (χ0v) is 62.4. The molecule has 0 saturated carbocycles. The lowest BCUT2D eigenvalue weighted by molar-refractivity contribution is 0.201. The minimum atomic E-state index is -3.06. The second-order valence-electron chi connectivity index (χ2n) is 25.2. The van der Waals surface area contributed by atoms with Crippen molar-refractivity contribution in [3.63, 3.8) is 0 Å². The van der Waals surface area contributed by atoms with Crippen LogP contribution in [0.5, 0.6) is 0 Å². The summed E-state index contributed by atoms with van der Waals surface area (Å²) in [6.45, 7) is 58.3. The molecule has 0 N–H and O–H groups in total. The summed E-state index contributed by atoms with van der Waals surface area (Å²) >= 11 is 0. The highest BCUT2D eigenvalue weighted by Crippen LogP contribution is 2.36. The van der Waals surface area contributed by atoms with E-state index in [0.717, 1.165) is 95.0 Å². The van der Waals surface area contributed by atoms with E-state index in [-0.39, 0.29) is 0 Å². The van der Waals surface area contributed by atoms with Crippen LogP contribution in [0.25, 0.3) is 0 Å². The average Bonchev–Trinajstić information content (AvgIpc) is 3.41. The van der Waals surface area contributed by atoms with Crippen molar-refractivity contribution in [1.29, 1.82) is 0 Å². The van der Waals surface area contributed by atoms with Gasteiger partial charge in [-0.1, -0.05) is 133 Å².